The fraction of sp³-hybridized carbons (Fsp3) is 0.944. The Balaban J connectivity index is 2.32. The number of alkyl halides is 1. The number of amides is 2. The van der Waals surface area contributed by atoms with Crippen molar-refractivity contribution in [3.63, 3.8) is 0 Å². The van der Waals surface area contributed by atoms with Gasteiger partial charge in [-0.15, -0.1) is 16.5 Å². The molecule has 14 heteroatoms. The largest absolute Gasteiger partial charge is 0.387 e. The normalized spacial score (nSPS) is 34.7. The third-order valence-electron chi connectivity index (χ3n) is 5.69. The van der Waals surface area contributed by atoms with E-state index in [-0.39, 0.29) is 25.4 Å². The third-order valence-corrected chi connectivity index (χ3v) is 5.86. The first-order valence-corrected chi connectivity index (χ1v) is 10.9. The highest BCUT2D eigenvalue weighted by atomic mass is 35.5. The summed E-state index contributed by atoms with van der Waals surface area (Å²) in [4.78, 5) is 24.9. The van der Waals surface area contributed by atoms with Crippen LogP contribution in [0.3, 0.4) is 0 Å². The molecular formula is C18H32ClN3O10. The van der Waals surface area contributed by atoms with Gasteiger partial charge in [0.2, 0.25) is 0 Å². The number of urea groups is 1. The van der Waals surface area contributed by atoms with Gasteiger partial charge in [0.15, 0.2) is 12.0 Å². The maximum absolute atomic E-state index is 12.9. The van der Waals surface area contributed by atoms with Gasteiger partial charge in [0, 0.05) is 26.0 Å². The summed E-state index contributed by atoms with van der Waals surface area (Å²) in [6, 6.07) is -1.03. The lowest BCUT2D eigenvalue weighted by atomic mass is 9.88. The smallest absolute Gasteiger partial charge is 0.345 e. The molecule has 3 unspecified atom stereocenters. The molecule has 186 valence electrons. The van der Waals surface area contributed by atoms with Crippen LogP contribution in [0.25, 0.3) is 0 Å². The number of aliphatic hydroxyl groups is 5. The van der Waals surface area contributed by atoms with Crippen molar-refractivity contribution in [3.8, 4) is 0 Å². The first kappa shape index (κ1) is 27.1. The highest BCUT2D eigenvalue weighted by Gasteiger charge is 2.56. The zero-order valence-corrected chi connectivity index (χ0v) is 18.7. The van der Waals surface area contributed by atoms with Gasteiger partial charge in [-0.05, 0) is 19.8 Å². The zero-order chi connectivity index (χ0) is 24.1. The monoisotopic (exact) mass is 485 g/mol. The number of ether oxygens (including phenoxy) is 3. The molecule has 2 rings (SSSR count). The molecule has 0 radical (unpaired) electrons. The Kier molecular flexibility index (Phi) is 10.00. The van der Waals surface area contributed by atoms with Crippen LogP contribution >= 0.6 is 11.6 Å². The number of carbonyl (C=O) groups is 1. The van der Waals surface area contributed by atoms with E-state index in [1.807, 2.05) is 0 Å². The summed E-state index contributed by atoms with van der Waals surface area (Å²) in [5.74, 6) is -2.51. The van der Waals surface area contributed by atoms with Gasteiger partial charge in [-0.2, -0.15) is 5.01 Å². The number of methoxy groups -OCH3 is 1. The second kappa shape index (κ2) is 11.8. The van der Waals surface area contributed by atoms with Crippen molar-refractivity contribution >= 4 is 17.6 Å². The maximum Gasteiger partial charge on any atom is 0.345 e. The van der Waals surface area contributed by atoms with E-state index in [0.717, 1.165) is 11.3 Å². The molecule has 32 heavy (non-hydrogen) atoms. The van der Waals surface area contributed by atoms with Gasteiger partial charge in [-0.25, -0.2) is 4.79 Å². The van der Waals surface area contributed by atoms with E-state index in [2.05, 4.69) is 5.29 Å². The van der Waals surface area contributed by atoms with Crippen LogP contribution in [0.2, 0.25) is 0 Å². The van der Waals surface area contributed by atoms with Crippen LogP contribution in [0.4, 0.5) is 4.79 Å². The zero-order valence-electron chi connectivity index (χ0n) is 18.0. The summed E-state index contributed by atoms with van der Waals surface area (Å²) in [7, 11) is 1.36. The van der Waals surface area contributed by atoms with Crippen molar-refractivity contribution < 1.29 is 44.5 Å². The van der Waals surface area contributed by atoms with Crippen LogP contribution in [-0.2, 0) is 14.2 Å². The van der Waals surface area contributed by atoms with Gasteiger partial charge in [0.05, 0.1) is 30.6 Å². The lowest BCUT2D eigenvalue weighted by molar-refractivity contribution is -0.369. The average Bonchev–Trinajstić information content (AvgIpc) is 3.29. The van der Waals surface area contributed by atoms with Gasteiger partial charge in [-0.3, -0.25) is 4.90 Å². The van der Waals surface area contributed by atoms with E-state index in [0.29, 0.717) is 18.0 Å². The molecule has 2 saturated heterocycles. The molecule has 0 bridgehead atoms. The number of rotatable bonds is 10. The molecule has 2 amide bonds. The van der Waals surface area contributed by atoms with Crippen LogP contribution < -0.4 is 0 Å². The van der Waals surface area contributed by atoms with Gasteiger partial charge in [0.1, 0.15) is 24.4 Å². The predicted octanol–water partition coefficient (Wildman–Crippen LogP) is -1.28. The summed E-state index contributed by atoms with van der Waals surface area (Å²) in [6.07, 6.45) is -9.54. The standard InChI is InChI=1S/C18H32ClN3O10/c1-10(30-2)8-18(28)15(25)13(24)12(23)14(32-18)16(26)21(9-11-4-3-7-31-11)17(27)22(20-29)6-5-19/h10-16,23-26,28H,3-9H2,1-2H3/t10?,11?,12-,13+,14+,15-,16?,18+/m1/s1. The molecule has 0 saturated carbocycles. The van der Waals surface area contributed by atoms with Crippen LogP contribution in [0.5, 0.6) is 0 Å². The van der Waals surface area contributed by atoms with Crippen molar-refractivity contribution in [1.82, 2.24) is 9.91 Å². The molecule has 0 aliphatic carbocycles. The molecule has 2 fully saturated rings. The Morgan fingerprint density at radius 3 is 2.56 bits per heavy atom. The fourth-order valence-electron chi connectivity index (χ4n) is 3.81. The Hall–Kier alpha value is -1.16. The van der Waals surface area contributed by atoms with Crippen LogP contribution in [0, 0.1) is 4.91 Å². The number of nitrogens with zero attached hydrogens (tertiary/aromatic N) is 3. The summed E-state index contributed by atoms with van der Waals surface area (Å²) in [5, 5.41) is 56.0. The molecule has 0 spiro atoms. The number of carbonyl (C=O) groups excluding carboxylic acids is 1. The van der Waals surface area contributed by atoms with Crippen molar-refractivity contribution in [2.45, 2.75) is 74.8 Å². The van der Waals surface area contributed by atoms with E-state index in [1.54, 1.807) is 6.92 Å². The molecular weight excluding hydrogens is 454 g/mol. The fourth-order valence-corrected chi connectivity index (χ4v) is 3.97. The molecule has 0 aromatic rings. The summed E-state index contributed by atoms with van der Waals surface area (Å²) in [6.45, 7) is 1.59. The van der Waals surface area contributed by atoms with E-state index in [9.17, 15) is 35.2 Å². The molecule has 0 aromatic heterocycles. The Bertz CT molecular complexity index is 628. The van der Waals surface area contributed by atoms with E-state index < -0.39 is 54.7 Å². The molecule has 8 atom stereocenters. The summed E-state index contributed by atoms with van der Waals surface area (Å²) in [5.41, 5.74) is 0. The van der Waals surface area contributed by atoms with Gasteiger partial charge in [0.25, 0.3) is 0 Å². The number of aliphatic hydroxyl groups excluding tert-OH is 4. The molecule has 2 heterocycles. The molecule has 2 aliphatic rings. The first-order chi connectivity index (χ1) is 15.1. The SMILES string of the molecule is COC(C)C[C@]1(O)O[C@H](C(O)N(CC2CCCO2)C(=O)N(CCCl)N=O)[C@H](O)[C@H](O)[C@H]1O. The van der Waals surface area contributed by atoms with Crippen molar-refractivity contribution in [1.29, 1.82) is 0 Å². The second-order valence-electron chi connectivity index (χ2n) is 7.98. The van der Waals surface area contributed by atoms with Crippen LogP contribution in [-0.4, -0.2) is 123 Å². The maximum atomic E-state index is 12.9. The van der Waals surface area contributed by atoms with E-state index in [4.69, 9.17) is 25.8 Å². The highest BCUT2D eigenvalue weighted by Crippen LogP contribution is 2.34. The van der Waals surface area contributed by atoms with Crippen molar-refractivity contribution in [2.75, 3.05) is 32.7 Å². The predicted molar refractivity (Wildman–Crippen MR) is 109 cm³/mol. The van der Waals surface area contributed by atoms with Crippen LogP contribution in [0.15, 0.2) is 5.29 Å². The second-order valence-corrected chi connectivity index (χ2v) is 8.36. The third kappa shape index (κ3) is 6.04. The number of hydrogen-bond acceptors (Lipinski definition) is 11. The summed E-state index contributed by atoms with van der Waals surface area (Å²) < 4.78 is 16.0. The lowest BCUT2D eigenvalue weighted by Gasteiger charge is -2.49. The van der Waals surface area contributed by atoms with Gasteiger partial charge >= 0.3 is 6.03 Å². The molecule has 0 aromatic carbocycles. The first-order valence-electron chi connectivity index (χ1n) is 10.3. The average molecular weight is 486 g/mol. The van der Waals surface area contributed by atoms with E-state index in [1.165, 1.54) is 7.11 Å². The minimum Gasteiger partial charge on any atom is -0.387 e. The number of hydrogen-bond donors (Lipinski definition) is 5. The molecule has 2 aliphatic heterocycles. The molecule has 5 N–H and O–H groups in total. The Morgan fingerprint density at radius 1 is 1.34 bits per heavy atom. The van der Waals surface area contributed by atoms with Gasteiger partial charge < -0.3 is 39.7 Å². The van der Waals surface area contributed by atoms with E-state index >= 15 is 0 Å². The van der Waals surface area contributed by atoms with Crippen LogP contribution in [0.1, 0.15) is 26.2 Å². The Labute approximate surface area is 190 Å². The Morgan fingerprint density at radius 2 is 2.03 bits per heavy atom. The highest BCUT2D eigenvalue weighted by molar-refractivity contribution is 6.18. The summed E-state index contributed by atoms with van der Waals surface area (Å²) >= 11 is 5.61. The lowest BCUT2D eigenvalue weighted by Crippen LogP contribution is -2.69. The quantitative estimate of drug-likeness (QED) is 0.108. The van der Waals surface area contributed by atoms with Crippen molar-refractivity contribution in [2.24, 2.45) is 5.29 Å². The number of halogens is 1. The van der Waals surface area contributed by atoms with Crippen molar-refractivity contribution in [3.05, 3.63) is 4.91 Å². The molecule has 13 nitrogen and oxygen atoms in total. The number of nitroso groups, excluding NO2 is 1. The van der Waals surface area contributed by atoms with Gasteiger partial charge in [-0.1, -0.05) is 0 Å². The minimum atomic E-state index is -2.41. The topological polar surface area (TPSA) is 182 Å². The minimum absolute atomic E-state index is 0.108.